The second kappa shape index (κ2) is 6.28. The van der Waals surface area contributed by atoms with E-state index >= 15 is 0 Å². The molecule has 0 heterocycles. The normalized spacial score (nSPS) is 24.6. The van der Waals surface area contributed by atoms with E-state index in [-0.39, 0.29) is 0 Å². The fourth-order valence-electron chi connectivity index (χ4n) is 2.54. The molecule has 0 amide bonds. The van der Waals surface area contributed by atoms with Gasteiger partial charge in [-0.15, -0.1) is 0 Å². The fraction of sp³-hybridized carbons (Fsp3) is 0.571. The number of halogens is 2. The summed E-state index contributed by atoms with van der Waals surface area (Å²) in [5.74, 6) is 0.945. The van der Waals surface area contributed by atoms with Crippen molar-refractivity contribution >= 4 is 39.9 Å². The molecule has 0 unspecified atom stereocenters. The Bertz CT molecular complexity index is 372. The molecule has 0 aromatic heterocycles. The molecular formula is C14H19ClIN. The Morgan fingerprint density at radius 2 is 2.00 bits per heavy atom. The van der Waals surface area contributed by atoms with Gasteiger partial charge in [-0.1, -0.05) is 24.9 Å². The highest BCUT2D eigenvalue weighted by Gasteiger charge is 2.20. The Morgan fingerprint density at radius 3 is 2.59 bits per heavy atom. The predicted octanol–water partition coefficient (Wildman–Crippen LogP) is 5.33. The highest BCUT2D eigenvalue weighted by molar-refractivity contribution is 14.1. The van der Waals surface area contributed by atoms with Crippen molar-refractivity contribution in [2.75, 3.05) is 5.32 Å². The van der Waals surface area contributed by atoms with Crippen molar-refractivity contribution in [2.24, 2.45) is 5.92 Å². The van der Waals surface area contributed by atoms with Crippen molar-refractivity contribution in [3.63, 3.8) is 0 Å². The van der Waals surface area contributed by atoms with Gasteiger partial charge in [0.05, 0.1) is 10.7 Å². The van der Waals surface area contributed by atoms with E-state index in [1.807, 2.05) is 6.07 Å². The minimum atomic E-state index is 0.607. The maximum Gasteiger partial charge on any atom is 0.0648 e. The molecule has 17 heavy (non-hydrogen) atoms. The van der Waals surface area contributed by atoms with E-state index < -0.39 is 0 Å². The zero-order chi connectivity index (χ0) is 12.3. The molecular weight excluding hydrogens is 345 g/mol. The third-order valence-corrected chi connectivity index (χ3v) is 4.70. The summed E-state index contributed by atoms with van der Waals surface area (Å²) in [6, 6.07) is 6.82. The Morgan fingerprint density at radius 1 is 1.29 bits per heavy atom. The highest BCUT2D eigenvalue weighted by atomic mass is 127. The number of hydrogen-bond donors (Lipinski definition) is 1. The molecule has 1 fully saturated rings. The van der Waals surface area contributed by atoms with E-state index in [0.29, 0.717) is 6.04 Å². The number of hydrogen-bond acceptors (Lipinski definition) is 1. The van der Waals surface area contributed by atoms with Gasteiger partial charge in [0.1, 0.15) is 0 Å². The van der Waals surface area contributed by atoms with Crippen LogP contribution < -0.4 is 5.32 Å². The topological polar surface area (TPSA) is 12.0 Å². The van der Waals surface area contributed by atoms with E-state index in [1.165, 1.54) is 35.7 Å². The molecule has 0 spiro atoms. The molecule has 3 heteroatoms. The lowest BCUT2D eigenvalue weighted by Gasteiger charge is -2.29. The SMILES string of the molecule is CCC1CCC(Nc2ccc(I)cc2Cl)CC1. The maximum atomic E-state index is 6.24. The standard InChI is InChI=1S/C14H19ClIN/c1-2-10-3-6-12(7-4-10)17-14-8-5-11(16)9-13(14)15/h5,8-10,12,17H,2-4,6-7H2,1H3. The summed E-state index contributed by atoms with van der Waals surface area (Å²) in [7, 11) is 0. The van der Waals surface area contributed by atoms with Crippen LogP contribution in [0.2, 0.25) is 5.02 Å². The van der Waals surface area contributed by atoms with Crippen molar-refractivity contribution < 1.29 is 0 Å². The van der Waals surface area contributed by atoms with Gasteiger partial charge >= 0.3 is 0 Å². The fourth-order valence-corrected chi connectivity index (χ4v) is 3.45. The number of benzene rings is 1. The minimum Gasteiger partial charge on any atom is -0.381 e. The average molecular weight is 364 g/mol. The van der Waals surface area contributed by atoms with Crippen molar-refractivity contribution in [3.8, 4) is 0 Å². The third kappa shape index (κ3) is 3.75. The summed E-state index contributed by atoms with van der Waals surface area (Å²) < 4.78 is 1.19. The molecule has 1 aromatic carbocycles. The van der Waals surface area contributed by atoms with Gasteiger partial charge in [0.15, 0.2) is 0 Å². The summed E-state index contributed by atoms with van der Waals surface area (Å²) in [5, 5.41) is 4.43. The van der Waals surface area contributed by atoms with Crippen LogP contribution in [-0.2, 0) is 0 Å². The second-order valence-corrected chi connectivity index (χ2v) is 6.55. The van der Waals surface area contributed by atoms with Gasteiger partial charge in [-0.2, -0.15) is 0 Å². The number of nitrogens with one attached hydrogen (secondary N) is 1. The first kappa shape index (κ1) is 13.5. The van der Waals surface area contributed by atoms with Crippen LogP contribution in [0, 0.1) is 9.49 Å². The summed E-state index contributed by atoms with van der Waals surface area (Å²) >= 11 is 8.53. The lowest BCUT2D eigenvalue weighted by Crippen LogP contribution is -2.26. The largest absolute Gasteiger partial charge is 0.381 e. The van der Waals surface area contributed by atoms with Gasteiger partial charge < -0.3 is 5.32 Å². The van der Waals surface area contributed by atoms with Crippen LogP contribution >= 0.6 is 34.2 Å². The van der Waals surface area contributed by atoms with Gasteiger partial charge in [0, 0.05) is 9.61 Å². The van der Waals surface area contributed by atoms with Gasteiger partial charge in [-0.3, -0.25) is 0 Å². The number of anilines is 1. The van der Waals surface area contributed by atoms with Gasteiger partial charge in [0.25, 0.3) is 0 Å². The Hall–Kier alpha value is 0.0400. The molecule has 1 aromatic rings. The molecule has 0 radical (unpaired) electrons. The highest BCUT2D eigenvalue weighted by Crippen LogP contribution is 2.31. The molecule has 1 aliphatic rings. The van der Waals surface area contributed by atoms with Crippen LogP contribution in [-0.4, -0.2) is 6.04 Å². The molecule has 2 rings (SSSR count). The van der Waals surface area contributed by atoms with Crippen molar-refractivity contribution in [1.29, 1.82) is 0 Å². The van der Waals surface area contributed by atoms with Crippen molar-refractivity contribution in [3.05, 3.63) is 26.8 Å². The van der Waals surface area contributed by atoms with E-state index in [0.717, 1.165) is 16.6 Å². The van der Waals surface area contributed by atoms with Crippen LogP contribution in [0.15, 0.2) is 18.2 Å². The molecule has 94 valence electrons. The summed E-state index contributed by atoms with van der Waals surface area (Å²) in [6.07, 6.45) is 6.60. The smallest absolute Gasteiger partial charge is 0.0648 e. The Labute approximate surface area is 122 Å². The van der Waals surface area contributed by atoms with E-state index in [1.54, 1.807) is 0 Å². The zero-order valence-corrected chi connectivity index (χ0v) is 13.1. The molecule has 1 N–H and O–H groups in total. The molecule has 1 aliphatic carbocycles. The lowest BCUT2D eigenvalue weighted by atomic mass is 9.84. The van der Waals surface area contributed by atoms with Gasteiger partial charge in [0.2, 0.25) is 0 Å². The van der Waals surface area contributed by atoms with Crippen LogP contribution in [0.25, 0.3) is 0 Å². The van der Waals surface area contributed by atoms with Crippen molar-refractivity contribution in [2.45, 2.75) is 45.1 Å². The zero-order valence-electron chi connectivity index (χ0n) is 10.2. The summed E-state index contributed by atoms with van der Waals surface area (Å²) in [6.45, 7) is 2.30. The van der Waals surface area contributed by atoms with Gasteiger partial charge in [-0.05, 0) is 72.4 Å². The minimum absolute atomic E-state index is 0.607. The first-order valence-electron chi connectivity index (χ1n) is 6.40. The van der Waals surface area contributed by atoms with Crippen LogP contribution in [0.3, 0.4) is 0 Å². The molecule has 0 saturated heterocycles. The summed E-state index contributed by atoms with van der Waals surface area (Å²) in [4.78, 5) is 0. The summed E-state index contributed by atoms with van der Waals surface area (Å²) in [5.41, 5.74) is 1.09. The molecule has 0 bridgehead atoms. The van der Waals surface area contributed by atoms with Crippen LogP contribution in [0.5, 0.6) is 0 Å². The first-order valence-corrected chi connectivity index (χ1v) is 7.86. The Balaban J connectivity index is 1.93. The Kier molecular flexibility index (Phi) is 4.97. The monoisotopic (exact) mass is 363 g/mol. The molecule has 0 atom stereocenters. The van der Waals surface area contributed by atoms with Crippen LogP contribution in [0.1, 0.15) is 39.0 Å². The van der Waals surface area contributed by atoms with Crippen LogP contribution in [0.4, 0.5) is 5.69 Å². The van der Waals surface area contributed by atoms with E-state index in [4.69, 9.17) is 11.6 Å². The molecule has 0 aliphatic heterocycles. The number of rotatable bonds is 3. The quantitative estimate of drug-likeness (QED) is 0.716. The lowest BCUT2D eigenvalue weighted by molar-refractivity contribution is 0.330. The van der Waals surface area contributed by atoms with E-state index in [2.05, 4.69) is 47.0 Å². The molecule has 1 nitrogen and oxygen atoms in total. The predicted molar refractivity (Wildman–Crippen MR) is 83.8 cm³/mol. The third-order valence-electron chi connectivity index (χ3n) is 3.71. The van der Waals surface area contributed by atoms with E-state index in [9.17, 15) is 0 Å². The first-order chi connectivity index (χ1) is 8.19. The maximum absolute atomic E-state index is 6.24. The average Bonchev–Trinajstić information content (AvgIpc) is 2.34. The van der Waals surface area contributed by atoms with Gasteiger partial charge in [-0.25, -0.2) is 0 Å². The molecule has 1 saturated carbocycles. The van der Waals surface area contributed by atoms with Crippen molar-refractivity contribution in [1.82, 2.24) is 0 Å². The second-order valence-electron chi connectivity index (χ2n) is 4.89.